The maximum absolute atomic E-state index is 14.8. The number of aromatic nitrogens is 3. The molecule has 0 saturated carbocycles. The molecule has 2 aromatic carbocycles. The first kappa shape index (κ1) is 21.1. The van der Waals surface area contributed by atoms with Crippen molar-refractivity contribution in [1.82, 2.24) is 19.9 Å². The van der Waals surface area contributed by atoms with Crippen molar-refractivity contribution in [2.75, 3.05) is 6.54 Å². The van der Waals surface area contributed by atoms with Gasteiger partial charge in [0.15, 0.2) is 11.6 Å². The average molecular weight is 445 g/mol. The first-order valence-corrected chi connectivity index (χ1v) is 10.9. The first-order chi connectivity index (χ1) is 16.0. The van der Waals surface area contributed by atoms with E-state index in [1.54, 1.807) is 17.2 Å². The van der Waals surface area contributed by atoms with Crippen molar-refractivity contribution in [1.29, 1.82) is 0 Å². The number of nitrogens with zero attached hydrogens (tertiary/aromatic N) is 3. The molecule has 33 heavy (non-hydrogen) atoms. The normalized spacial score (nSPS) is 14.2. The van der Waals surface area contributed by atoms with E-state index in [-0.39, 0.29) is 24.0 Å². The number of amides is 1. The third-order valence-corrected chi connectivity index (χ3v) is 6.05. The molecule has 8 heteroatoms. The molecule has 1 aliphatic rings. The van der Waals surface area contributed by atoms with E-state index in [0.717, 1.165) is 17.5 Å². The van der Waals surface area contributed by atoms with Crippen molar-refractivity contribution >= 4 is 16.9 Å². The van der Waals surface area contributed by atoms with Gasteiger partial charge in [-0.1, -0.05) is 30.3 Å². The number of benzene rings is 2. The molecule has 0 saturated heterocycles. The number of halogens is 1. The van der Waals surface area contributed by atoms with E-state index in [1.807, 2.05) is 25.1 Å². The largest absolute Gasteiger partial charge is 0.435 e. The number of fused-ring (bicyclic) bond motifs is 2. The van der Waals surface area contributed by atoms with Crippen molar-refractivity contribution < 1.29 is 13.9 Å². The van der Waals surface area contributed by atoms with Crippen molar-refractivity contribution in [3.8, 4) is 11.6 Å². The van der Waals surface area contributed by atoms with Crippen LogP contribution in [-0.2, 0) is 24.2 Å². The van der Waals surface area contributed by atoms with E-state index in [0.29, 0.717) is 29.7 Å². The Kier molecular flexibility index (Phi) is 5.51. The number of nitrogens with two attached hydrogens (primary N) is 1. The maximum atomic E-state index is 14.8. The highest BCUT2D eigenvalue weighted by molar-refractivity contribution is 5.84. The summed E-state index contributed by atoms with van der Waals surface area (Å²) < 4.78 is 20.6. The molecule has 0 radical (unpaired) electrons. The predicted molar refractivity (Wildman–Crippen MR) is 122 cm³/mol. The van der Waals surface area contributed by atoms with Crippen LogP contribution in [0.1, 0.15) is 22.3 Å². The molecule has 3 heterocycles. The van der Waals surface area contributed by atoms with E-state index < -0.39 is 11.9 Å². The van der Waals surface area contributed by atoms with Gasteiger partial charge in [-0.15, -0.1) is 0 Å². The van der Waals surface area contributed by atoms with Crippen LogP contribution in [0.5, 0.6) is 11.6 Å². The Balaban J connectivity index is 1.27. The van der Waals surface area contributed by atoms with Gasteiger partial charge in [0.05, 0.1) is 11.4 Å². The summed E-state index contributed by atoms with van der Waals surface area (Å²) in [6.45, 7) is 3.08. The number of hydrogen-bond acceptors (Lipinski definition) is 5. The summed E-state index contributed by atoms with van der Waals surface area (Å²) in [5.41, 5.74) is 10.8. The summed E-state index contributed by atoms with van der Waals surface area (Å²) in [5, 5.41) is 0.705. The second-order valence-corrected chi connectivity index (χ2v) is 8.33. The molecule has 2 aromatic heterocycles. The quantitative estimate of drug-likeness (QED) is 0.489. The molecule has 5 rings (SSSR count). The molecule has 0 bridgehead atoms. The molecule has 1 unspecified atom stereocenters. The minimum atomic E-state index is -0.745. The monoisotopic (exact) mass is 445 g/mol. The van der Waals surface area contributed by atoms with E-state index in [4.69, 9.17) is 10.5 Å². The van der Waals surface area contributed by atoms with E-state index in [1.165, 1.54) is 24.0 Å². The van der Waals surface area contributed by atoms with Crippen molar-refractivity contribution in [3.05, 3.63) is 83.1 Å². The third kappa shape index (κ3) is 4.17. The van der Waals surface area contributed by atoms with Gasteiger partial charge in [0.2, 0.25) is 11.8 Å². The number of carbonyl (C=O) groups is 1. The summed E-state index contributed by atoms with van der Waals surface area (Å²) >= 11 is 0. The van der Waals surface area contributed by atoms with Gasteiger partial charge in [-0.2, -0.15) is 0 Å². The summed E-state index contributed by atoms with van der Waals surface area (Å²) in [6, 6.07) is 12.0. The first-order valence-electron chi connectivity index (χ1n) is 10.9. The number of hydrogen-bond donors (Lipinski definition) is 2. The molecule has 1 aliphatic heterocycles. The molecule has 7 nitrogen and oxygen atoms in total. The molecule has 0 aliphatic carbocycles. The van der Waals surface area contributed by atoms with Gasteiger partial charge in [-0.05, 0) is 54.2 Å². The van der Waals surface area contributed by atoms with Crippen LogP contribution in [0.2, 0.25) is 0 Å². The fourth-order valence-electron chi connectivity index (χ4n) is 4.28. The zero-order valence-electron chi connectivity index (χ0n) is 18.2. The van der Waals surface area contributed by atoms with Gasteiger partial charge >= 0.3 is 0 Å². The van der Waals surface area contributed by atoms with Gasteiger partial charge in [-0.25, -0.2) is 14.4 Å². The van der Waals surface area contributed by atoms with Gasteiger partial charge in [0.1, 0.15) is 12.0 Å². The topological polar surface area (TPSA) is 97.1 Å². The van der Waals surface area contributed by atoms with Gasteiger partial charge < -0.3 is 20.4 Å². The summed E-state index contributed by atoms with van der Waals surface area (Å²) in [6.07, 6.45) is 4.21. The molecule has 1 amide bonds. The summed E-state index contributed by atoms with van der Waals surface area (Å²) in [5.74, 6) is -0.343. The minimum Gasteiger partial charge on any atom is -0.435 e. The number of aromatic amines is 1. The standard InChI is InChI=1S/C25H24FN5O2/c1-15-12-28-23-22(15)24(30-14-29-23)33-21-7-6-16(10-19(21)26)11-20(27)25(32)31-9-8-17-4-2-3-5-18(17)13-31/h2-7,10,12,14,20H,8-9,11,13,27H2,1H3,(H,28,29,30). The molecule has 1 atom stereocenters. The lowest BCUT2D eigenvalue weighted by molar-refractivity contribution is -0.133. The zero-order valence-corrected chi connectivity index (χ0v) is 18.2. The second-order valence-electron chi connectivity index (χ2n) is 8.33. The van der Waals surface area contributed by atoms with E-state index in [2.05, 4.69) is 21.0 Å². The molecule has 168 valence electrons. The van der Waals surface area contributed by atoms with Crippen LogP contribution in [0.25, 0.3) is 11.0 Å². The number of nitrogens with one attached hydrogen (secondary N) is 1. The Morgan fingerprint density at radius 3 is 2.88 bits per heavy atom. The van der Waals surface area contributed by atoms with E-state index >= 15 is 0 Å². The van der Waals surface area contributed by atoms with Crippen molar-refractivity contribution in [3.63, 3.8) is 0 Å². The molecular weight excluding hydrogens is 421 g/mol. The van der Waals surface area contributed by atoms with Gasteiger partial charge in [0.25, 0.3) is 0 Å². The van der Waals surface area contributed by atoms with Crippen molar-refractivity contribution in [2.24, 2.45) is 5.73 Å². The van der Waals surface area contributed by atoms with Crippen LogP contribution >= 0.6 is 0 Å². The fourth-order valence-corrected chi connectivity index (χ4v) is 4.28. The van der Waals surface area contributed by atoms with Crippen LogP contribution in [0.3, 0.4) is 0 Å². The molecule has 0 spiro atoms. The maximum Gasteiger partial charge on any atom is 0.240 e. The minimum absolute atomic E-state index is 0.0480. The Hall–Kier alpha value is -3.78. The SMILES string of the molecule is Cc1c[nH]c2ncnc(Oc3ccc(CC(N)C(=O)N4CCc5ccccc5C4)cc3F)c12. The Bertz CT molecular complexity index is 1340. The second kappa shape index (κ2) is 8.63. The third-order valence-electron chi connectivity index (χ3n) is 6.05. The lowest BCUT2D eigenvalue weighted by Crippen LogP contribution is -2.46. The zero-order chi connectivity index (χ0) is 22.9. The lowest BCUT2D eigenvalue weighted by atomic mass is 9.98. The van der Waals surface area contributed by atoms with Crippen LogP contribution in [-0.4, -0.2) is 38.3 Å². The van der Waals surface area contributed by atoms with Crippen LogP contribution in [0.4, 0.5) is 4.39 Å². The van der Waals surface area contributed by atoms with Crippen molar-refractivity contribution in [2.45, 2.75) is 32.4 Å². The Morgan fingerprint density at radius 2 is 2.06 bits per heavy atom. The number of aryl methyl sites for hydroxylation is 1. The summed E-state index contributed by atoms with van der Waals surface area (Å²) in [4.78, 5) is 26.0. The number of rotatable bonds is 5. The number of carbonyl (C=O) groups excluding carboxylic acids is 1. The molecule has 0 fully saturated rings. The lowest BCUT2D eigenvalue weighted by Gasteiger charge is -2.31. The van der Waals surface area contributed by atoms with E-state index in [9.17, 15) is 9.18 Å². The van der Waals surface area contributed by atoms with Gasteiger partial charge in [-0.3, -0.25) is 4.79 Å². The highest BCUT2D eigenvalue weighted by Crippen LogP contribution is 2.30. The number of H-pyrrole nitrogens is 1. The highest BCUT2D eigenvalue weighted by atomic mass is 19.1. The predicted octanol–water partition coefficient (Wildman–Crippen LogP) is 3.65. The fraction of sp³-hybridized carbons (Fsp3) is 0.240. The highest BCUT2D eigenvalue weighted by Gasteiger charge is 2.25. The Morgan fingerprint density at radius 1 is 1.24 bits per heavy atom. The van der Waals surface area contributed by atoms with Crippen LogP contribution in [0, 0.1) is 12.7 Å². The average Bonchev–Trinajstić information content (AvgIpc) is 3.21. The summed E-state index contributed by atoms with van der Waals surface area (Å²) in [7, 11) is 0. The molecule has 4 aromatic rings. The van der Waals surface area contributed by atoms with Crippen LogP contribution < -0.4 is 10.5 Å². The number of ether oxygens (including phenoxy) is 1. The molecular formula is C25H24FN5O2. The smallest absolute Gasteiger partial charge is 0.240 e. The van der Waals surface area contributed by atoms with Gasteiger partial charge in [0, 0.05) is 19.3 Å². The molecule has 3 N–H and O–H groups in total. The van der Waals surface area contributed by atoms with Crippen LogP contribution in [0.15, 0.2) is 55.0 Å². The Labute approximate surface area is 190 Å².